The molecular formula is C11H16ClN5S. The molecule has 98 valence electrons. The first kappa shape index (κ1) is 14.7. The predicted molar refractivity (Wildman–Crippen MR) is 78.9 cm³/mol. The van der Waals surface area contributed by atoms with Crippen LogP contribution in [0.25, 0.3) is 0 Å². The molecular weight excluding hydrogens is 270 g/mol. The monoisotopic (exact) mass is 285 g/mol. The van der Waals surface area contributed by atoms with Crippen molar-refractivity contribution in [3.05, 3.63) is 29.0 Å². The van der Waals surface area contributed by atoms with Crippen LogP contribution in [-0.2, 0) is 6.42 Å². The summed E-state index contributed by atoms with van der Waals surface area (Å²) in [7, 11) is 1.59. The van der Waals surface area contributed by atoms with Crippen LogP contribution in [0.1, 0.15) is 12.1 Å². The minimum Gasteiger partial charge on any atom is -0.370 e. The maximum absolute atomic E-state index is 6.00. The summed E-state index contributed by atoms with van der Waals surface area (Å²) in [6, 6.07) is 3.65. The van der Waals surface area contributed by atoms with Crippen LogP contribution in [0, 0.1) is 0 Å². The van der Waals surface area contributed by atoms with Crippen LogP contribution < -0.4 is 16.4 Å². The molecule has 1 aromatic rings. The van der Waals surface area contributed by atoms with E-state index in [1.54, 1.807) is 13.2 Å². The highest BCUT2D eigenvalue weighted by Gasteiger charge is 2.01. The highest BCUT2D eigenvalue weighted by Crippen LogP contribution is 2.13. The molecule has 1 rings (SSSR count). The first-order valence-electron chi connectivity index (χ1n) is 5.50. The molecule has 0 saturated carbocycles. The summed E-state index contributed by atoms with van der Waals surface area (Å²) >= 11 is 11.0. The van der Waals surface area contributed by atoms with Crippen molar-refractivity contribution >= 4 is 34.9 Å². The molecule has 5 nitrogen and oxygen atoms in total. The number of aromatic nitrogens is 1. The van der Waals surface area contributed by atoms with E-state index in [0.717, 1.165) is 25.1 Å². The number of pyridine rings is 1. The molecule has 0 unspecified atom stereocenters. The fourth-order valence-corrected chi connectivity index (χ4v) is 1.70. The lowest BCUT2D eigenvalue weighted by Crippen LogP contribution is -2.43. The lowest BCUT2D eigenvalue weighted by Gasteiger charge is -2.09. The van der Waals surface area contributed by atoms with E-state index in [9.17, 15) is 0 Å². The van der Waals surface area contributed by atoms with Crippen LogP contribution in [0.3, 0.4) is 0 Å². The van der Waals surface area contributed by atoms with Gasteiger partial charge in [-0.15, -0.1) is 0 Å². The third kappa shape index (κ3) is 5.29. The van der Waals surface area contributed by atoms with Gasteiger partial charge in [0.05, 0.1) is 10.7 Å². The van der Waals surface area contributed by atoms with Crippen molar-refractivity contribution in [2.24, 2.45) is 10.7 Å². The Hall–Kier alpha value is -1.40. The van der Waals surface area contributed by atoms with Crippen molar-refractivity contribution in [3.63, 3.8) is 0 Å². The Morgan fingerprint density at radius 3 is 3.06 bits per heavy atom. The van der Waals surface area contributed by atoms with Crippen LogP contribution in [0.15, 0.2) is 23.3 Å². The Labute approximate surface area is 117 Å². The fraction of sp³-hybridized carbons (Fsp3) is 0.364. The zero-order valence-electron chi connectivity index (χ0n) is 10.1. The third-order valence-electron chi connectivity index (χ3n) is 2.19. The lowest BCUT2D eigenvalue weighted by atomic mass is 10.2. The number of nitrogens with zero attached hydrogens (tertiary/aromatic N) is 2. The van der Waals surface area contributed by atoms with Gasteiger partial charge in [0.15, 0.2) is 11.1 Å². The SMILES string of the molecule is CN=C(N)NC(=S)NCCCc1ncccc1Cl. The zero-order valence-corrected chi connectivity index (χ0v) is 11.7. The average Bonchev–Trinajstić information content (AvgIpc) is 2.36. The molecule has 0 fully saturated rings. The highest BCUT2D eigenvalue weighted by molar-refractivity contribution is 7.80. The van der Waals surface area contributed by atoms with Crippen LogP contribution in [0.4, 0.5) is 0 Å². The van der Waals surface area contributed by atoms with Crippen LogP contribution in [-0.4, -0.2) is 29.6 Å². The van der Waals surface area contributed by atoms with Crippen molar-refractivity contribution in [3.8, 4) is 0 Å². The van der Waals surface area contributed by atoms with Crippen LogP contribution >= 0.6 is 23.8 Å². The Morgan fingerprint density at radius 1 is 1.61 bits per heavy atom. The van der Waals surface area contributed by atoms with Gasteiger partial charge in [-0.05, 0) is 37.2 Å². The van der Waals surface area contributed by atoms with Gasteiger partial charge < -0.3 is 16.4 Å². The van der Waals surface area contributed by atoms with E-state index in [-0.39, 0.29) is 0 Å². The van der Waals surface area contributed by atoms with Gasteiger partial charge in [-0.1, -0.05) is 11.6 Å². The number of halogens is 1. The summed E-state index contributed by atoms with van der Waals surface area (Å²) in [5.74, 6) is 0.292. The van der Waals surface area contributed by atoms with Crippen molar-refractivity contribution in [2.45, 2.75) is 12.8 Å². The summed E-state index contributed by atoms with van der Waals surface area (Å²) in [6.45, 7) is 0.718. The van der Waals surface area contributed by atoms with Gasteiger partial charge in [-0.25, -0.2) is 0 Å². The number of aryl methyl sites for hydroxylation is 1. The smallest absolute Gasteiger partial charge is 0.194 e. The molecule has 0 aromatic carbocycles. The minimum absolute atomic E-state index is 0.292. The van der Waals surface area contributed by atoms with Crippen molar-refractivity contribution in [1.82, 2.24) is 15.6 Å². The van der Waals surface area contributed by atoms with Gasteiger partial charge in [0.25, 0.3) is 0 Å². The van der Waals surface area contributed by atoms with Crippen LogP contribution in [0.2, 0.25) is 5.02 Å². The number of nitrogens with one attached hydrogen (secondary N) is 2. The molecule has 4 N–H and O–H groups in total. The molecule has 18 heavy (non-hydrogen) atoms. The maximum Gasteiger partial charge on any atom is 0.194 e. The molecule has 0 amide bonds. The summed E-state index contributed by atoms with van der Waals surface area (Å²) in [4.78, 5) is 7.95. The molecule has 0 spiro atoms. The summed E-state index contributed by atoms with van der Waals surface area (Å²) in [5, 5.41) is 6.93. The zero-order chi connectivity index (χ0) is 13.4. The second-order valence-corrected chi connectivity index (χ2v) is 4.34. The maximum atomic E-state index is 6.00. The molecule has 0 bridgehead atoms. The number of thiocarbonyl (C=S) groups is 1. The van der Waals surface area contributed by atoms with Gasteiger partial charge in [0.2, 0.25) is 0 Å². The molecule has 7 heteroatoms. The second kappa shape index (κ2) is 7.84. The molecule has 0 saturated heterocycles. The quantitative estimate of drug-likeness (QED) is 0.334. The molecule has 1 heterocycles. The summed E-state index contributed by atoms with van der Waals surface area (Å²) in [5.41, 5.74) is 6.37. The van der Waals surface area contributed by atoms with E-state index >= 15 is 0 Å². The number of rotatable bonds is 4. The Bertz CT molecular complexity index is 435. The Morgan fingerprint density at radius 2 is 2.39 bits per heavy atom. The second-order valence-electron chi connectivity index (χ2n) is 3.53. The number of aliphatic imine (C=N–C) groups is 1. The average molecular weight is 286 g/mol. The normalized spacial score (nSPS) is 11.1. The standard InChI is InChI=1S/C11H16ClN5S/c1-14-10(13)17-11(18)16-7-3-5-9-8(12)4-2-6-15-9/h2,4,6H,3,5,7H2,1H3,(H4,13,14,16,17,18). The molecule has 1 aromatic heterocycles. The number of guanidine groups is 1. The fourth-order valence-electron chi connectivity index (χ4n) is 1.28. The van der Waals surface area contributed by atoms with Gasteiger partial charge >= 0.3 is 0 Å². The van der Waals surface area contributed by atoms with Gasteiger partial charge in [-0.3, -0.25) is 9.98 Å². The van der Waals surface area contributed by atoms with E-state index in [1.165, 1.54) is 0 Å². The molecule has 0 aliphatic heterocycles. The molecule has 0 atom stereocenters. The minimum atomic E-state index is 0.292. The topological polar surface area (TPSA) is 75.3 Å². The Kier molecular flexibility index (Phi) is 6.38. The van der Waals surface area contributed by atoms with Gasteiger partial charge in [0.1, 0.15) is 0 Å². The third-order valence-corrected chi connectivity index (χ3v) is 2.78. The molecule has 0 aliphatic rings. The lowest BCUT2D eigenvalue weighted by molar-refractivity contribution is 0.757. The largest absolute Gasteiger partial charge is 0.370 e. The van der Waals surface area contributed by atoms with Gasteiger partial charge in [-0.2, -0.15) is 0 Å². The van der Waals surface area contributed by atoms with Crippen molar-refractivity contribution < 1.29 is 0 Å². The number of hydrogen-bond donors (Lipinski definition) is 3. The molecule has 0 aliphatic carbocycles. The number of nitrogens with two attached hydrogens (primary N) is 1. The van der Waals surface area contributed by atoms with Crippen molar-refractivity contribution in [1.29, 1.82) is 0 Å². The van der Waals surface area contributed by atoms with E-state index in [1.807, 2.05) is 12.1 Å². The van der Waals surface area contributed by atoms with E-state index in [0.29, 0.717) is 16.1 Å². The summed E-state index contributed by atoms with van der Waals surface area (Å²) in [6.07, 6.45) is 3.41. The van der Waals surface area contributed by atoms with E-state index < -0.39 is 0 Å². The van der Waals surface area contributed by atoms with Crippen molar-refractivity contribution in [2.75, 3.05) is 13.6 Å². The highest BCUT2D eigenvalue weighted by atomic mass is 35.5. The van der Waals surface area contributed by atoms with E-state index in [4.69, 9.17) is 29.6 Å². The van der Waals surface area contributed by atoms with E-state index in [2.05, 4.69) is 20.6 Å². The predicted octanol–water partition coefficient (Wildman–Crippen LogP) is 1.08. The first-order chi connectivity index (χ1) is 8.63. The number of hydrogen-bond acceptors (Lipinski definition) is 3. The van der Waals surface area contributed by atoms with Crippen LogP contribution in [0.5, 0.6) is 0 Å². The first-order valence-corrected chi connectivity index (χ1v) is 6.28. The van der Waals surface area contributed by atoms with Gasteiger partial charge in [0, 0.05) is 19.8 Å². The summed E-state index contributed by atoms with van der Waals surface area (Å²) < 4.78 is 0. The Balaban J connectivity index is 2.23. The molecule has 0 radical (unpaired) electrons.